The van der Waals surface area contributed by atoms with Crippen molar-refractivity contribution in [3.8, 4) is 0 Å². The van der Waals surface area contributed by atoms with E-state index in [1.165, 1.54) is 7.11 Å². The molecule has 0 spiro atoms. The van der Waals surface area contributed by atoms with Crippen LogP contribution < -0.4 is 5.73 Å². The summed E-state index contributed by atoms with van der Waals surface area (Å²) in [6.07, 6.45) is 2.57. The lowest BCUT2D eigenvalue weighted by Gasteiger charge is -2.07. The third-order valence-electron chi connectivity index (χ3n) is 2.20. The summed E-state index contributed by atoms with van der Waals surface area (Å²) in [7, 11) is 1.31. The molecule has 1 aromatic heterocycles. The summed E-state index contributed by atoms with van der Waals surface area (Å²) >= 11 is 0. The number of carbonyl (C=O) groups excluding carboxylic acids is 1. The smallest absolute Gasteiger partial charge is 0.360 e. The van der Waals surface area contributed by atoms with Gasteiger partial charge in [0.1, 0.15) is 5.82 Å². The molecule has 2 N–H and O–H groups in total. The number of carbonyl (C=O) groups is 1. The number of esters is 1. The van der Waals surface area contributed by atoms with E-state index in [4.69, 9.17) is 5.73 Å². The van der Waals surface area contributed by atoms with Crippen molar-refractivity contribution in [1.82, 2.24) is 9.55 Å². The van der Waals surface area contributed by atoms with E-state index in [2.05, 4.69) is 23.6 Å². The van der Waals surface area contributed by atoms with E-state index in [9.17, 15) is 4.79 Å². The molecule has 0 amide bonds. The molecule has 0 aliphatic rings. The zero-order valence-electron chi connectivity index (χ0n) is 9.36. The van der Waals surface area contributed by atoms with Gasteiger partial charge in [-0.25, -0.2) is 9.78 Å². The lowest BCUT2D eigenvalue weighted by Crippen LogP contribution is -2.09. The Labute approximate surface area is 89.2 Å². The van der Waals surface area contributed by atoms with Gasteiger partial charge in [-0.2, -0.15) is 0 Å². The summed E-state index contributed by atoms with van der Waals surface area (Å²) in [5.74, 6) is 0.478. The number of anilines is 1. The van der Waals surface area contributed by atoms with Crippen LogP contribution in [-0.2, 0) is 11.3 Å². The number of nitrogens with two attached hydrogens (primary N) is 1. The highest BCUT2D eigenvalue weighted by atomic mass is 16.5. The van der Waals surface area contributed by atoms with Crippen molar-refractivity contribution in [3.63, 3.8) is 0 Å². The molecule has 0 aromatic carbocycles. The molecular weight excluding hydrogens is 194 g/mol. The first-order valence-corrected chi connectivity index (χ1v) is 4.95. The maximum atomic E-state index is 11.2. The Morgan fingerprint density at radius 3 is 2.87 bits per heavy atom. The van der Waals surface area contributed by atoms with E-state index in [-0.39, 0.29) is 5.69 Å². The minimum atomic E-state index is -0.490. The summed E-state index contributed by atoms with van der Waals surface area (Å²) in [5.41, 5.74) is 5.96. The summed E-state index contributed by atoms with van der Waals surface area (Å²) in [6.45, 7) is 5.04. The number of imidazole rings is 1. The lowest BCUT2D eigenvalue weighted by atomic mass is 10.1. The summed E-state index contributed by atoms with van der Waals surface area (Å²) < 4.78 is 6.33. The third kappa shape index (κ3) is 2.71. The Balaban J connectivity index is 2.75. The SMILES string of the molecule is COC(=O)c1ncn(CCC(C)C)c1N. The number of nitrogens with zero attached hydrogens (tertiary/aromatic N) is 2. The number of nitrogen functional groups attached to an aromatic ring is 1. The number of ether oxygens (including phenoxy) is 1. The average molecular weight is 211 g/mol. The van der Waals surface area contributed by atoms with Crippen molar-refractivity contribution in [2.45, 2.75) is 26.8 Å². The molecule has 1 heterocycles. The van der Waals surface area contributed by atoms with Gasteiger partial charge in [-0.1, -0.05) is 13.8 Å². The van der Waals surface area contributed by atoms with E-state index in [1.54, 1.807) is 10.9 Å². The van der Waals surface area contributed by atoms with Crippen LogP contribution in [0.3, 0.4) is 0 Å². The molecule has 0 aliphatic heterocycles. The molecule has 5 nitrogen and oxygen atoms in total. The highest BCUT2D eigenvalue weighted by molar-refractivity contribution is 5.91. The number of hydrogen-bond donors (Lipinski definition) is 1. The highest BCUT2D eigenvalue weighted by Gasteiger charge is 2.15. The molecular formula is C10H17N3O2. The molecule has 1 rings (SSSR count). The van der Waals surface area contributed by atoms with Crippen molar-refractivity contribution in [1.29, 1.82) is 0 Å². The molecule has 0 aliphatic carbocycles. The van der Waals surface area contributed by atoms with E-state index >= 15 is 0 Å². The maximum Gasteiger partial charge on any atom is 0.360 e. The molecule has 1 aromatic rings. The van der Waals surface area contributed by atoms with Crippen LogP contribution in [-0.4, -0.2) is 22.6 Å². The van der Waals surface area contributed by atoms with E-state index in [0.29, 0.717) is 11.7 Å². The Morgan fingerprint density at radius 2 is 2.33 bits per heavy atom. The Kier molecular flexibility index (Phi) is 3.71. The van der Waals surface area contributed by atoms with Gasteiger partial charge in [-0.05, 0) is 12.3 Å². The molecule has 15 heavy (non-hydrogen) atoms. The molecule has 0 saturated carbocycles. The number of rotatable bonds is 4. The van der Waals surface area contributed by atoms with Gasteiger partial charge in [0.15, 0.2) is 5.69 Å². The van der Waals surface area contributed by atoms with Gasteiger partial charge in [-0.3, -0.25) is 0 Å². The van der Waals surface area contributed by atoms with Crippen LogP contribution in [0.2, 0.25) is 0 Å². The Bertz CT molecular complexity index is 344. The predicted octanol–water partition coefficient (Wildman–Crippen LogP) is 1.30. The van der Waals surface area contributed by atoms with Gasteiger partial charge in [-0.15, -0.1) is 0 Å². The summed E-state index contributed by atoms with van der Waals surface area (Å²) in [6, 6.07) is 0. The standard InChI is InChI=1S/C10H17N3O2/c1-7(2)4-5-13-6-12-8(9(13)11)10(14)15-3/h6-7H,4-5,11H2,1-3H3. The van der Waals surface area contributed by atoms with Gasteiger partial charge >= 0.3 is 5.97 Å². The zero-order valence-corrected chi connectivity index (χ0v) is 9.36. The minimum Gasteiger partial charge on any atom is -0.464 e. The summed E-state index contributed by atoms with van der Waals surface area (Å²) in [4.78, 5) is 15.1. The predicted molar refractivity (Wildman–Crippen MR) is 57.4 cm³/mol. The molecule has 0 atom stereocenters. The van der Waals surface area contributed by atoms with Crippen LogP contribution >= 0.6 is 0 Å². The number of hydrogen-bond acceptors (Lipinski definition) is 4. The minimum absolute atomic E-state index is 0.196. The van der Waals surface area contributed by atoms with Crippen LogP contribution in [0.25, 0.3) is 0 Å². The van der Waals surface area contributed by atoms with Crippen molar-refractivity contribution >= 4 is 11.8 Å². The fraction of sp³-hybridized carbons (Fsp3) is 0.600. The average Bonchev–Trinajstić information content (AvgIpc) is 2.56. The Morgan fingerprint density at radius 1 is 1.67 bits per heavy atom. The van der Waals surface area contributed by atoms with Crippen molar-refractivity contribution in [2.24, 2.45) is 5.92 Å². The molecule has 0 saturated heterocycles. The van der Waals surface area contributed by atoms with E-state index in [0.717, 1.165) is 13.0 Å². The quantitative estimate of drug-likeness (QED) is 0.762. The molecule has 0 radical (unpaired) electrons. The molecule has 84 valence electrons. The normalized spacial score (nSPS) is 10.7. The third-order valence-corrected chi connectivity index (χ3v) is 2.20. The van der Waals surface area contributed by atoms with E-state index < -0.39 is 5.97 Å². The second kappa shape index (κ2) is 4.82. The zero-order chi connectivity index (χ0) is 11.4. The van der Waals surface area contributed by atoms with Gasteiger partial charge < -0.3 is 15.0 Å². The van der Waals surface area contributed by atoms with Gasteiger partial charge in [0.05, 0.1) is 13.4 Å². The number of methoxy groups -OCH3 is 1. The van der Waals surface area contributed by atoms with Gasteiger partial charge in [0, 0.05) is 6.54 Å². The fourth-order valence-corrected chi connectivity index (χ4v) is 1.22. The highest BCUT2D eigenvalue weighted by Crippen LogP contribution is 2.13. The Hall–Kier alpha value is -1.52. The fourth-order valence-electron chi connectivity index (χ4n) is 1.22. The topological polar surface area (TPSA) is 70.1 Å². The molecule has 0 unspecified atom stereocenters. The van der Waals surface area contributed by atoms with Crippen LogP contribution in [0.4, 0.5) is 5.82 Å². The first kappa shape index (κ1) is 11.6. The first-order chi connectivity index (χ1) is 7.06. The van der Waals surface area contributed by atoms with Crippen molar-refractivity contribution in [2.75, 3.05) is 12.8 Å². The lowest BCUT2D eigenvalue weighted by molar-refractivity contribution is 0.0596. The maximum absolute atomic E-state index is 11.2. The number of aromatic nitrogens is 2. The first-order valence-electron chi connectivity index (χ1n) is 4.95. The van der Waals surface area contributed by atoms with Crippen molar-refractivity contribution < 1.29 is 9.53 Å². The van der Waals surface area contributed by atoms with Gasteiger partial charge in [0.25, 0.3) is 0 Å². The van der Waals surface area contributed by atoms with Gasteiger partial charge in [0.2, 0.25) is 0 Å². The van der Waals surface area contributed by atoms with Crippen LogP contribution in [0.1, 0.15) is 30.8 Å². The molecule has 0 bridgehead atoms. The monoisotopic (exact) mass is 211 g/mol. The van der Waals surface area contributed by atoms with Crippen LogP contribution in [0.15, 0.2) is 6.33 Å². The molecule has 5 heteroatoms. The largest absolute Gasteiger partial charge is 0.464 e. The molecule has 0 fully saturated rings. The summed E-state index contributed by atoms with van der Waals surface area (Å²) in [5, 5.41) is 0. The van der Waals surface area contributed by atoms with Crippen LogP contribution in [0.5, 0.6) is 0 Å². The van der Waals surface area contributed by atoms with Crippen molar-refractivity contribution in [3.05, 3.63) is 12.0 Å². The second-order valence-corrected chi connectivity index (χ2v) is 3.85. The second-order valence-electron chi connectivity index (χ2n) is 3.85. The number of aryl methyl sites for hydroxylation is 1. The van der Waals surface area contributed by atoms with E-state index in [1.807, 2.05) is 0 Å². The van der Waals surface area contributed by atoms with Crippen LogP contribution in [0, 0.1) is 5.92 Å².